The van der Waals surface area contributed by atoms with Crippen molar-refractivity contribution in [2.24, 2.45) is 0 Å². The van der Waals surface area contributed by atoms with Crippen LogP contribution in [0.3, 0.4) is 0 Å². The van der Waals surface area contributed by atoms with Gasteiger partial charge in [-0.3, -0.25) is 0 Å². The Bertz CT molecular complexity index is 802. The molecule has 0 aliphatic heterocycles. The van der Waals surface area contributed by atoms with Crippen LogP contribution in [-0.4, -0.2) is 6.16 Å². The van der Waals surface area contributed by atoms with Gasteiger partial charge in [0.2, 0.25) is 0 Å². The molecule has 37 heavy (non-hydrogen) atoms. The van der Waals surface area contributed by atoms with E-state index in [9.17, 15) is 0 Å². The molecule has 0 atom stereocenters. The van der Waals surface area contributed by atoms with Crippen LogP contribution in [0.4, 0.5) is 0 Å². The quantitative estimate of drug-likeness (QED) is 0.107. The molecule has 0 fully saturated rings. The molecule has 0 spiro atoms. The normalized spacial score (nSPS) is 11.4. The van der Waals surface area contributed by atoms with Gasteiger partial charge in [0.25, 0.3) is 0 Å². The van der Waals surface area contributed by atoms with Gasteiger partial charge in [-0.1, -0.05) is 26.2 Å². The Morgan fingerprint density at radius 3 is 0.946 bits per heavy atom. The first-order chi connectivity index (χ1) is 17.4. The maximum atomic E-state index is 2.38. The minimum Gasteiger partial charge on any atom is -0.147 e. The third-order valence-corrected chi connectivity index (χ3v) is 12.8. The molecule has 0 bridgehead atoms. The molecule has 3 heteroatoms. The van der Waals surface area contributed by atoms with Crippen LogP contribution in [0.1, 0.15) is 96.8 Å². The van der Waals surface area contributed by atoms with Crippen LogP contribution in [-0.2, 0) is 0 Å². The van der Waals surface area contributed by atoms with E-state index >= 15 is 0 Å². The molecule has 0 aliphatic carbocycles. The van der Waals surface area contributed by atoms with Crippen molar-refractivity contribution in [3.05, 3.63) is 91.0 Å². The van der Waals surface area contributed by atoms with Gasteiger partial charge in [-0.05, 0) is 0 Å². The number of hydrogen-bond donors (Lipinski definition) is 0. The summed E-state index contributed by atoms with van der Waals surface area (Å²) in [5, 5.41) is 4.64. The topological polar surface area (TPSA) is 0 Å². The molecule has 3 rings (SSSR count). The number of rotatable bonds is 18. The summed E-state index contributed by atoms with van der Waals surface area (Å²) < 4.78 is 0. The molecule has 3 aromatic carbocycles. The van der Waals surface area contributed by atoms with Crippen LogP contribution in [0.15, 0.2) is 91.0 Å². The van der Waals surface area contributed by atoms with E-state index in [4.69, 9.17) is 0 Å². The Morgan fingerprint density at radius 2 is 0.649 bits per heavy atom. The van der Waals surface area contributed by atoms with E-state index in [0.29, 0.717) is 0 Å². The molecule has 0 saturated heterocycles. The molecule has 0 radical (unpaired) electrons. The van der Waals surface area contributed by atoms with Gasteiger partial charge in [-0.15, -0.1) is 24.8 Å². The maximum absolute atomic E-state index is 2.38. The van der Waals surface area contributed by atoms with Crippen LogP contribution >= 0.6 is 32.1 Å². The summed E-state index contributed by atoms with van der Waals surface area (Å²) in [6, 6.07) is 34.2. The Balaban J connectivity index is 0.00000342. The standard InChI is InChI=1S/C34H49P.2ClH/c1-2-3-4-5-6-7-8-9-10-11-12-13-14-24-31-35(32-25-18-15-19-26-32,33-27-20-16-21-28-33)34-29-22-17-23-30-34;;/h15-23,25-30,35H,2-14,24,31H2,1H3;2*1H. The summed E-state index contributed by atoms with van der Waals surface area (Å²) in [6.07, 6.45) is 21.1. The van der Waals surface area contributed by atoms with E-state index in [1.165, 1.54) is 96.1 Å². The molecule has 0 aromatic heterocycles. The number of unbranched alkanes of at least 4 members (excludes halogenated alkanes) is 13. The van der Waals surface area contributed by atoms with Crippen molar-refractivity contribution in [3.8, 4) is 0 Å². The minimum absolute atomic E-state index is 0. The van der Waals surface area contributed by atoms with Crippen molar-refractivity contribution in [2.75, 3.05) is 6.16 Å². The number of benzene rings is 3. The molecule has 3 aromatic rings. The van der Waals surface area contributed by atoms with Crippen LogP contribution in [0.2, 0.25) is 0 Å². The van der Waals surface area contributed by atoms with E-state index < -0.39 is 7.26 Å². The van der Waals surface area contributed by atoms with E-state index in [2.05, 4.69) is 97.9 Å². The van der Waals surface area contributed by atoms with E-state index in [-0.39, 0.29) is 24.8 Å². The van der Waals surface area contributed by atoms with Gasteiger partial charge >= 0.3 is 191 Å². The van der Waals surface area contributed by atoms with Crippen molar-refractivity contribution in [2.45, 2.75) is 96.8 Å². The van der Waals surface area contributed by atoms with Crippen molar-refractivity contribution in [1.82, 2.24) is 0 Å². The van der Waals surface area contributed by atoms with Gasteiger partial charge in [0.15, 0.2) is 0 Å². The predicted octanol–water partition coefficient (Wildman–Crippen LogP) is 10.0. The maximum Gasteiger partial charge on any atom is -0.147 e. The van der Waals surface area contributed by atoms with Gasteiger partial charge in [0.1, 0.15) is 0 Å². The SMILES string of the molecule is CCCCCCCCCCCCCCCC[PH](c1ccccc1)(c1ccccc1)c1ccccc1.Cl.Cl. The predicted molar refractivity (Wildman–Crippen MR) is 176 cm³/mol. The monoisotopic (exact) mass is 560 g/mol. The molecule has 0 saturated carbocycles. The fraction of sp³-hybridized carbons (Fsp3) is 0.471. The minimum atomic E-state index is -2.03. The van der Waals surface area contributed by atoms with Crippen molar-refractivity contribution < 1.29 is 0 Å². The van der Waals surface area contributed by atoms with E-state index in [1.54, 1.807) is 15.9 Å². The smallest absolute Gasteiger partial charge is 0.147 e. The largest absolute Gasteiger partial charge is 0.147 e. The first kappa shape index (κ1) is 33.7. The van der Waals surface area contributed by atoms with Crippen LogP contribution in [0.5, 0.6) is 0 Å². The summed E-state index contributed by atoms with van der Waals surface area (Å²) in [5.41, 5.74) is 0. The third-order valence-electron chi connectivity index (χ3n) is 7.71. The van der Waals surface area contributed by atoms with Gasteiger partial charge < -0.3 is 0 Å². The zero-order valence-electron chi connectivity index (χ0n) is 23.1. The Kier molecular flexibility index (Phi) is 18.8. The Morgan fingerprint density at radius 1 is 0.378 bits per heavy atom. The second-order valence-electron chi connectivity index (χ2n) is 10.3. The van der Waals surface area contributed by atoms with Gasteiger partial charge in [-0.2, -0.15) is 0 Å². The first-order valence-electron chi connectivity index (χ1n) is 14.5. The molecule has 206 valence electrons. The second-order valence-corrected chi connectivity index (χ2v) is 14.4. The van der Waals surface area contributed by atoms with Crippen LogP contribution in [0.25, 0.3) is 0 Å². The van der Waals surface area contributed by atoms with E-state index in [0.717, 1.165) is 0 Å². The fourth-order valence-corrected chi connectivity index (χ4v) is 10.6. The van der Waals surface area contributed by atoms with Gasteiger partial charge in [0, 0.05) is 0 Å². The second kappa shape index (κ2) is 20.6. The molecule has 0 amide bonds. The summed E-state index contributed by atoms with van der Waals surface area (Å²) in [6.45, 7) is 2.30. The van der Waals surface area contributed by atoms with Crippen molar-refractivity contribution in [1.29, 1.82) is 0 Å². The average Bonchev–Trinajstić information content (AvgIpc) is 2.93. The summed E-state index contributed by atoms with van der Waals surface area (Å²) in [5.74, 6) is 0. The van der Waals surface area contributed by atoms with Crippen LogP contribution < -0.4 is 15.9 Å². The summed E-state index contributed by atoms with van der Waals surface area (Å²) in [7, 11) is -2.03. The molecular weight excluding hydrogens is 510 g/mol. The average molecular weight is 562 g/mol. The Labute approximate surface area is 241 Å². The zero-order valence-corrected chi connectivity index (χ0v) is 25.7. The molecule has 0 nitrogen and oxygen atoms in total. The van der Waals surface area contributed by atoms with E-state index in [1.807, 2.05) is 0 Å². The molecule has 0 heterocycles. The molecule has 0 unspecified atom stereocenters. The molecular formula is C34H51Cl2P. The van der Waals surface area contributed by atoms with Crippen molar-refractivity contribution in [3.63, 3.8) is 0 Å². The van der Waals surface area contributed by atoms with Gasteiger partial charge in [-0.25, -0.2) is 0 Å². The zero-order chi connectivity index (χ0) is 24.4. The van der Waals surface area contributed by atoms with Crippen LogP contribution in [0, 0.1) is 0 Å². The summed E-state index contributed by atoms with van der Waals surface area (Å²) >= 11 is 0. The number of halogens is 2. The van der Waals surface area contributed by atoms with Gasteiger partial charge in [0.05, 0.1) is 0 Å². The van der Waals surface area contributed by atoms with Crippen molar-refractivity contribution >= 4 is 48.0 Å². The number of hydrogen-bond acceptors (Lipinski definition) is 0. The fourth-order valence-electron chi connectivity index (χ4n) is 5.69. The summed E-state index contributed by atoms with van der Waals surface area (Å²) in [4.78, 5) is 0. The first-order valence-corrected chi connectivity index (χ1v) is 16.7. The molecule has 0 N–H and O–H groups in total. The molecule has 0 aliphatic rings. The Hall–Kier alpha value is -1.33. The third kappa shape index (κ3) is 11.1.